The summed E-state index contributed by atoms with van der Waals surface area (Å²) >= 11 is 0. The van der Waals surface area contributed by atoms with Gasteiger partial charge < -0.3 is 5.32 Å². The molecule has 1 aromatic heterocycles. The zero-order valence-electron chi connectivity index (χ0n) is 10.7. The fourth-order valence-electron chi connectivity index (χ4n) is 1.61. The number of hydrogen-bond donors (Lipinski definition) is 1. The van der Waals surface area contributed by atoms with Crippen molar-refractivity contribution in [2.75, 3.05) is 0 Å². The van der Waals surface area contributed by atoms with Gasteiger partial charge in [-0.1, -0.05) is 20.8 Å². The van der Waals surface area contributed by atoms with Crippen LogP contribution in [0.15, 0.2) is 12.3 Å². The maximum absolute atomic E-state index is 4.57. The standard InChI is InChI=1S/C13H23N3/c1-13(2,3)7-9-16-8-6-12(15-16)10-14-11-4-5-11/h6,8,11,14H,4-5,7,9-10H2,1-3H3. The zero-order chi connectivity index (χ0) is 11.6. The summed E-state index contributed by atoms with van der Waals surface area (Å²) in [6, 6.07) is 2.89. The van der Waals surface area contributed by atoms with E-state index in [1.54, 1.807) is 0 Å². The van der Waals surface area contributed by atoms with E-state index in [0.717, 1.165) is 19.1 Å². The van der Waals surface area contributed by atoms with Crippen LogP contribution >= 0.6 is 0 Å². The Hall–Kier alpha value is -0.830. The van der Waals surface area contributed by atoms with E-state index in [1.165, 1.54) is 25.0 Å². The van der Waals surface area contributed by atoms with Crippen LogP contribution in [0.3, 0.4) is 0 Å². The normalized spacial score (nSPS) is 16.7. The first-order valence-electron chi connectivity index (χ1n) is 6.29. The molecule has 0 atom stereocenters. The van der Waals surface area contributed by atoms with Crippen molar-refractivity contribution in [3.05, 3.63) is 18.0 Å². The third-order valence-electron chi connectivity index (χ3n) is 2.94. The summed E-state index contributed by atoms with van der Waals surface area (Å²) in [5, 5.41) is 8.05. The summed E-state index contributed by atoms with van der Waals surface area (Å²) in [6.45, 7) is 8.75. The Morgan fingerprint density at radius 1 is 1.44 bits per heavy atom. The van der Waals surface area contributed by atoms with Gasteiger partial charge in [-0.2, -0.15) is 5.10 Å². The number of nitrogens with one attached hydrogen (secondary N) is 1. The maximum atomic E-state index is 4.57. The predicted octanol–water partition coefficient (Wildman–Crippen LogP) is 2.57. The van der Waals surface area contributed by atoms with Gasteiger partial charge in [0.15, 0.2) is 0 Å². The second-order valence-electron chi connectivity index (χ2n) is 6.04. The molecular weight excluding hydrogens is 198 g/mol. The number of rotatable bonds is 5. The summed E-state index contributed by atoms with van der Waals surface area (Å²) in [4.78, 5) is 0. The molecule has 1 fully saturated rings. The first kappa shape index (κ1) is 11.6. The minimum Gasteiger partial charge on any atom is -0.308 e. The lowest BCUT2D eigenvalue weighted by atomic mass is 9.92. The van der Waals surface area contributed by atoms with Gasteiger partial charge in [0.1, 0.15) is 0 Å². The lowest BCUT2D eigenvalue weighted by molar-refractivity contribution is 0.340. The van der Waals surface area contributed by atoms with Crippen LogP contribution in [0.2, 0.25) is 0 Å². The molecule has 1 aliphatic rings. The number of aryl methyl sites for hydroxylation is 1. The van der Waals surface area contributed by atoms with Crippen LogP contribution in [-0.2, 0) is 13.1 Å². The average Bonchev–Trinajstić information content (AvgIpc) is 2.91. The highest BCUT2D eigenvalue weighted by molar-refractivity contribution is 4.99. The fourth-order valence-corrected chi connectivity index (χ4v) is 1.61. The van der Waals surface area contributed by atoms with Crippen LogP contribution in [-0.4, -0.2) is 15.8 Å². The molecule has 1 N–H and O–H groups in total. The first-order chi connectivity index (χ1) is 7.53. The van der Waals surface area contributed by atoms with Crippen LogP contribution < -0.4 is 5.32 Å². The lowest BCUT2D eigenvalue weighted by Crippen LogP contribution is -2.16. The number of hydrogen-bond acceptors (Lipinski definition) is 2. The smallest absolute Gasteiger partial charge is 0.0762 e. The number of aromatic nitrogens is 2. The molecule has 0 saturated heterocycles. The average molecular weight is 221 g/mol. The molecule has 1 saturated carbocycles. The maximum Gasteiger partial charge on any atom is 0.0762 e. The van der Waals surface area contributed by atoms with E-state index in [9.17, 15) is 0 Å². The molecule has 0 bridgehead atoms. The van der Waals surface area contributed by atoms with Crippen molar-refractivity contribution in [3.8, 4) is 0 Å². The Bertz CT molecular complexity index is 331. The van der Waals surface area contributed by atoms with Crippen molar-refractivity contribution in [1.82, 2.24) is 15.1 Å². The molecule has 1 aliphatic carbocycles. The van der Waals surface area contributed by atoms with Gasteiger partial charge in [-0.25, -0.2) is 0 Å². The molecule has 0 unspecified atom stereocenters. The summed E-state index contributed by atoms with van der Waals surface area (Å²) in [7, 11) is 0. The first-order valence-corrected chi connectivity index (χ1v) is 6.29. The van der Waals surface area contributed by atoms with Gasteiger partial charge in [0.05, 0.1) is 5.69 Å². The van der Waals surface area contributed by atoms with Crippen molar-refractivity contribution >= 4 is 0 Å². The molecular formula is C13H23N3. The van der Waals surface area contributed by atoms with Gasteiger partial charge >= 0.3 is 0 Å². The van der Waals surface area contributed by atoms with Gasteiger partial charge in [0.25, 0.3) is 0 Å². The van der Waals surface area contributed by atoms with Gasteiger partial charge in [-0.3, -0.25) is 4.68 Å². The molecule has 0 aliphatic heterocycles. The van der Waals surface area contributed by atoms with Crippen LogP contribution in [0.25, 0.3) is 0 Å². The Morgan fingerprint density at radius 2 is 2.19 bits per heavy atom. The molecule has 16 heavy (non-hydrogen) atoms. The van der Waals surface area contributed by atoms with Crippen LogP contribution in [0, 0.1) is 5.41 Å². The molecule has 2 rings (SSSR count). The zero-order valence-corrected chi connectivity index (χ0v) is 10.7. The van der Waals surface area contributed by atoms with Crippen molar-refractivity contribution < 1.29 is 0 Å². The van der Waals surface area contributed by atoms with E-state index in [0.29, 0.717) is 5.41 Å². The molecule has 1 aromatic rings. The third-order valence-corrected chi connectivity index (χ3v) is 2.94. The highest BCUT2D eigenvalue weighted by atomic mass is 15.3. The quantitative estimate of drug-likeness (QED) is 0.828. The molecule has 0 spiro atoms. The van der Waals surface area contributed by atoms with Gasteiger partial charge in [0, 0.05) is 25.3 Å². The minimum absolute atomic E-state index is 0.387. The highest BCUT2D eigenvalue weighted by Gasteiger charge is 2.20. The summed E-state index contributed by atoms with van der Waals surface area (Å²) in [5.74, 6) is 0. The molecule has 90 valence electrons. The molecule has 1 heterocycles. The second kappa shape index (κ2) is 4.58. The van der Waals surface area contributed by atoms with Gasteiger partial charge in [0.2, 0.25) is 0 Å². The Labute approximate surface area is 98.2 Å². The molecule has 0 aromatic carbocycles. The molecule has 3 heteroatoms. The summed E-state index contributed by atoms with van der Waals surface area (Å²) in [6.07, 6.45) is 5.94. The highest BCUT2D eigenvalue weighted by Crippen LogP contribution is 2.20. The minimum atomic E-state index is 0.387. The van der Waals surface area contributed by atoms with Crippen molar-refractivity contribution in [2.24, 2.45) is 5.41 Å². The Balaban J connectivity index is 1.77. The van der Waals surface area contributed by atoms with E-state index < -0.39 is 0 Å². The SMILES string of the molecule is CC(C)(C)CCn1ccc(CNC2CC2)n1. The van der Waals surface area contributed by atoms with Gasteiger partial charge in [-0.05, 0) is 30.7 Å². The van der Waals surface area contributed by atoms with Gasteiger partial charge in [-0.15, -0.1) is 0 Å². The van der Waals surface area contributed by atoms with Crippen LogP contribution in [0.1, 0.15) is 45.7 Å². The van der Waals surface area contributed by atoms with E-state index in [2.05, 4.69) is 48.1 Å². The van der Waals surface area contributed by atoms with Crippen LogP contribution in [0.5, 0.6) is 0 Å². The third kappa shape index (κ3) is 3.97. The molecule has 0 radical (unpaired) electrons. The lowest BCUT2D eigenvalue weighted by Gasteiger charge is -2.17. The summed E-state index contributed by atoms with van der Waals surface area (Å²) in [5.41, 5.74) is 1.55. The van der Waals surface area contributed by atoms with E-state index in [1.807, 2.05) is 0 Å². The monoisotopic (exact) mass is 221 g/mol. The Kier molecular flexibility index (Phi) is 3.33. The van der Waals surface area contributed by atoms with E-state index >= 15 is 0 Å². The fraction of sp³-hybridized carbons (Fsp3) is 0.769. The largest absolute Gasteiger partial charge is 0.308 e. The molecule has 0 amide bonds. The number of nitrogens with zero attached hydrogens (tertiary/aromatic N) is 2. The predicted molar refractivity (Wildman–Crippen MR) is 66.2 cm³/mol. The van der Waals surface area contributed by atoms with Crippen molar-refractivity contribution in [3.63, 3.8) is 0 Å². The van der Waals surface area contributed by atoms with E-state index in [-0.39, 0.29) is 0 Å². The molecule has 3 nitrogen and oxygen atoms in total. The Morgan fingerprint density at radius 3 is 2.81 bits per heavy atom. The second-order valence-corrected chi connectivity index (χ2v) is 6.04. The summed E-state index contributed by atoms with van der Waals surface area (Å²) < 4.78 is 2.06. The topological polar surface area (TPSA) is 29.9 Å². The van der Waals surface area contributed by atoms with Crippen molar-refractivity contribution in [1.29, 1.82) is 0 Å². The van der Waals surface area contributed by atoms with Crippen molar-refractivity contribution in [2.45, 2.75) is 59.2 Å². The van der Waals surface area contributed by atoms with E-state index in [4.69, 9.17) is 0 Å². The van der Waals surface area contributed by atoms with Crippen LogP contribution in [0.4, 0.5) is 0 Å².